The van der Waals surface area contributed by atoms with Gasteiger partial charge in [-0.05, 0) is 48.6 Å². The molecule has 0 aliphatic rings. The summed E-state index contributed by atoms with van der Waals surface area (Å²) in [5, 5.41) is 0. The lowest BCUT2D eigenvalue weighted by atomic mass is 10.0. The van der Waals surface area contributed by atoms with Crippen LogP contribution in [0.4, 0.5) is 4.39 Å². The molecule has 0 N–H and O–H groups in total. The third-order valence-corrected chi connectivity index (χ3v) is 6.31. The highest BCUT2D eigenvalue weighted by molar-refractivity contribution is 5.55. The Balaban J connectivity index is 1.66. The van der Waals surface area contributed by atoms with Crippen molar-refractivity contribution in [3.8, 4) is 17.1 Å². The van der Waals surface area contributed by atoms with Crippen LogP contribution in [0.5, 0.6) is 5.75 Å². The average molecular weight is 443 g/mol. The number of hydrogen-bond donors (Lipinski definition) is 0. The van der Waals surface area contributed by atoms with Crippen LogP contribution in [0.1, 0.15) is 97.0 Å². The molecule has 0 saturated heterocycles. The Kier molecular flexibility index (Phi) is 13.0. The molecule has 0 spiro atoms. The summed E-state index contributed by atoms with van der Waals surface area (Å²) < 4.78 is 19.6. The summed E-state index contributed by atoms with van der Waals surface area (Å²) >= 11 is 0. The minimum Gasteiger partial charge on any atom is -0.493 e. The summed E-state index contributed by atoms with van der Waals surface area (Å²) in [6, 6.07) is 7.75. The second-order valence-corrected chi connectivity index (χ2v) is 9.06. The van der Waals surface area contributed by atoms with Crippen LogP contribution in [0.3, 0.4) is 0 Å². The van der Waals surface area contributed by atoms with Gasteiger partial charge in [0.2, 0.25) is 0 Å². The van der Waals surface area contributed by atoms with Gasteiger partial charge in [-0.15, -0.1) is 0 Å². The summed E-state index contributed by atoms with van der Waals surface area (Å²) in [4.78, 5) is 9.10. The van der Waals surface area contributed by atoms with Crippen molar-refractivity contribution in [3.63, 3.8) is 0 Å². The smallest absolute Gasteiger partial charge is 0.159 e. The van der Waals surface area contributed by atoms with Crippen molar-refractivity contribution < 1.29 is 9.13 Å². The Labute approximate surface area is 195 Å². The molecule has 0 radical (unpaired) electrons. The fourth-order valence-corrected chi connectivity index (χ4v) is 3.80. The number of nitrogens with zero attached hydrogens (tertiary/aromatic N) is 2. The first-order valence-electron chi connectivity index (χ1n) is 12.8. The van der Waals surface area contributed by atoms with Gasteiger partial charge in [0.1, 0.15) is 11.9 Å². The Morgan fingerprint density at radius 3 is 2.03 bits per heavy atom. The molecule has 1 aromatic carbocycles. The molecule has 4 heteroatoms. The van der Waals surface area contributed by atoms with Crippen molar-refractivity contribution in [3.05, 3.63) is 42.2 Å². The number of aryl methyl sites for hydroxylation is 1. The summed E-state index contributed by atoms with van der Waals surface area (Å²) in [6.07, 6.45) is 17.5. The Morgan fingerprint density at radius 2 is 1.44 bits per heavy atom. The van der Waals surface area contributed by atoms with Crippen molar-refractivity contribution in [2.24, 2.45) is 5.92 Å². The standard InChI is InChI=1S/C28H43FN2O/c1-4-6-7-8-9-10-11-12-13-14-24-21-30-28(31-22-24)25-15-17-26(18-16-25)32-20-19-27(29)23(3)5-2/h15-18,21-23,27H,4-14,19-20H2,1-3H3. The SMILES string of the molecule is CCCCCCCCCCCc1cnc(-c2ccc(OCCC(F)C(C)CC)cc2)nc1. The molecular weight excluding hydrogens is 399 g/mol. The van der Waals surface area contributed by atoms with Crippen molar-refractivity contribution in [2.75, 3.05) is 6.61 Å². The lowest BCUT2D eigenvalue weighted by molar-refractivity contribution is 0.182. The summed E-state index contributed by atoms with van der Waals surface area (Å²) in [7, 11) is 0. The molecule has 1 aromatic heterocycles. The lowest BCUT2D eigenvalue weighted by Gasteiger charge is -2.15. The fraction of sp³-hybridized carbons (Fsp3) is 0.643. The minimum atomic E-state index is -0.804. The van der Waals surface area contributed by atoms with E-state index in [2.05, 4.69) is 16.9 Å². The zero-order chi connectivity index (χ0) is 23.0. The number of benzene rings is 1. The normalized spacial score (nSPS) is 13.1. The second kappa shape index (κ2) is 15.8. The maximum absolute atomic E-state index is 13.9. The molecule has 178 valence electrons. The molecule has 0 bridgehead atoms. The number of halogens is 1. The number of alkyl halides is 1. The van der Waals surface area contributed by atoms with Gasteiger partial charge in [0.15, 0.2) is 5.82 Å². The summed E-state index contributed by atoms with van der Waals surface area (Å²) in [5.74, 6) is 1.57. The average Bonchev–Trinajstić information content (AvgIpc) is 2.83. The van der Waals surface area contributed by atoms with E-state index in [0.29, 0.717) is 13.0 Å². The molecule has 0 saturated carbocycles. The molecule has 2 atom stereocenters. The third kappa shape index (κ3) is 10.1. The highest BCUT2D eigenvalue weighted by Crippen LogP contribution is 2.21. The molecular formula is C28H43FN2O. The van der Waals surface area contributed by atoms with Crippen molar-refractivity contribution in [2.45, 2.75) is 104 Å². The zero-order valence-electron chi connectivity index (χ0n) is 20.5. The van der Waals surface area contributed by atoms with Gasteiger partial charge in [-0.25, -0.2) is 14.4 Å². The van der Waals surface area contributed by atoms with Crippen LogP contribution in [0.15, 0.2) is 36.7 Å². The van der Waals surface area contributed by atoms with E-state index >= 15 is 0 Å². The number of rotatable bonds is 17. The highest BCUT2D eigenvalue weighted by atomic mass is 19.1. The van der Waals surface area contributed by atoms with E-state index in [1.54, 1.807) is 0 Å². The molecule has 0 amide bonds. The van der Waals surface area contributed by atoms with Crippen LogP contribution in [0, 0.1) is 5.92 Å². The van der Waals surface area contributed by atoms with E-state index in [0.717, 1.165) is 30.0 Å². The minimum absolute atomic E-state index is 0.0846. The van der Waals surface area contributed by atoms with Crippen molar-refractivity contribution in [1.29, 1.82) is 0 Å². The van der Waals surface area contributed by atoms with Gasteiger partial charge in [-0.2, -0.15) is 0 Å². The lowest BCUT2D eigenvalue weighted by Crippen LogP contribution is -2.15. The maximum Gasteiger partial charge on any atom is 0.159 e. The van der Waals surface area contributed by atoms with Crippen LogP contribution in [-0.4, -0.2) is 22.7 Å². The zero-order valence-corrected chi connectivity index (χ0v) is 20.5. The molecule has 0 aliphatic heterocycles. The van der Waals surface area contributed by atoms with Gasteiger partial charge in [0.05, 0.1) is 6.61 Å². The van der Waals surface area contributed by atoms with E-state index in [-0.39, 0.29) is 5.92 Å². The number of aromatic nitrogens is 2. The molecule has 2 unspecified atom stereocenters. The fourth-order valence-electron chi connectivity index (χ4n) is 3.80. The first-order valence-corrected chi connectivity index (χ1v) is 12.8. The van der Waals surface area contributed by atoms with E-state index in [9.17, 15) is 4.39 Å². The Hall–Kier alpha value is -1.97. The van der Waals surface area contributed by atoms with Crippen LogP contribution >= 0.6 is 0 Å². The summed E-state index contributed by atoms with van der Waals surface area (Å²) in [5.41, 5.74) is 2.17. The number of unbranched alkanes of at least 4 members (excludes halogenated alkanes) is 8. The number of ether oxygens (including phenoxy) is 1. The molecule has 0 fully saturated rings. The van der Waals surface area contributed by atoms with Gasteiger partial charge >= 0.3 is 0 Å². The van der Waals surface area contributed by atoms with Gasteiger partial charge in [0, 0.05) is 24.4 Å². The quantitative estimate of drug-likeness (QED) is 0.231. The Morgan fingerprint density at radius 1 is 0.844 bits per heavy atom. The van der Waals surface area contributed by atoms with Gasteiger partial charge in [-0.1, -0.05) is 78.6 Å². The molecule has 32 heavy (non-hydrogen) atoms. The summed E-state index contributed by atoms with van der Waals surface area (Å²) in [6.45, 7) is 6.63. The third-order valence-electron chi connectivity index (χ3n) is 6.31. The number of hydrogen-bond acceptors (Lipinski definition) is 3. The monoisotopic (exact) mass is 442 g/mol. The topological polar surface area (TPSA) is 35.0 Å². The Bertz CT molecular complexity index is 717. The first kappa shape index (κ1) is 26.3. The maximum atomic E-state index is 13.9. The molecule has 3 nitrogen and oxygen atoms in total. The highest BCUT2D eigenvalue weighted by Gasteiger charge is 2.14. The predicted molar refractivity (Wildman–Crippen MR) is 133 cm³/mol. The van der Waals surface area contributed by atoms with E-state index in [4.69, 9.17) is 4.74 Å². The van der Waals surface area contributed by atoms with Crippen molar-refractivity contribution in [1.82, 2.24) is 9.97 Å². The van der Waals surface area contributed by atoms with E-state index < -0.39 is 6.17 Å². The molecule has 2 rings (SSSR count). The van der Waals surface area contributed by atoms with Gasteiger partial charge < -0.3 is 4.74 Å². The van der Waals surface area contributed by atoms with Crippen molar-refractivity contribution >= 4 is 0 Å². The van der Waals surface area contributed by atoms with Crippen LogP contribution < -0.4 is 4.74 Å². The van der Waals surface area contributed by atoms with Gasteiger partial charge in [-0.3, -0.25) is 0 Å². The van der Waals surface area contributed by atoms with Crippen LogP contribution in [0.2, 0.25) is 0 Å². The molecule has 2 aromatic rings. The second-order valence-electron chi connectivity index (χ2n) is 9.06. The van der Waals surface area contributed by atoms with E-state index in [1.807, 2.05) is 50.5 Å². The first-order chi connectivity index (χ1) is 15.6. The van der Waals surface area contributed by atoms with Crippen LogP contribution in [-0.2, 0) is 6.42 Å². The van der Waals surface area contributed by atoms with Gasteiger partial charge in [0.25, 0.3) is 0 Å². The van der Waals surface area contributed by atoms with Crippen LogP contribution in [0.25, 0.3) is 11.4 Å². The predicted octanol–water partition coefficient (Wildman–Crippen LogP) is 8.37. The van der Waals surface area contributed by atoms with E-state index in [1.165, 1.54) is 63.4 Å². The molecule has 0 aliphatic carbocycles. The molecule has 1 heterocycles. The largest absolute Gasteiger partial charge is 0.493 e.